The monoisotopic (exact) mass is 837 g/mol. The summed E-state index contributed by atoms with van der Waals surface area (Å²) < 4.78 is 34.3. The van der Waals surface area contributed by atoms with Gasteiger partial charge in [-0.05, 0) is 77.0 Å². The lowest BCUT2D eigenvalue weighted by atomic mass is 10.1. The second-order valence-electron chi connectivity index (χ2n) is 16.4. The molecule has 0 aliphatic heterocycles. The first-order chi connectivity index (χ1) is 28.0. The number of rotatable bonds is 41. The lowest BCUT2D eigenvalue weighted by Gasteiger charge is -2.24. The molecule has 0 fully saturated rings. The Kier molecular flexibility index (Phi) is 38.5. The highest BCUT2D eigenvalue weighted by molar-refractivity contribution is 7.47. The highest BCUT2D eigenvalue weighted by Gasteiger charge is 2.27. The Balaban J connectivity index is 4.41. The van der Waals surface area contributed by atoms with Gasteiger partial charge >= 0.3 is 19.8 Å². The summed E-state index contributed by atoms with van der Waals surface area (Å²) in [4.78, 5) is 35.4. The fourth-order valence-electron chi connectivity index (χ4n) is 5.86. The summed E-state index contributed by atoms with van der Waals surface area (Å²) in [5.74, 6) is -0.839. The molecule has 58 heavy (non-hydrogen) atoms. The van der Waals surface area contributed by atoms with Crippen LogP contribution in [0.25, 0.3) is 0 Å². The number of carbonyl (C=O) groups excluding carboxylic acids is 2. The average molecular weight is 837 g/mol. The Bertz CT molecular complexity index is 1170. The van der Waals surface area contributed by atoms with Crippen LogP contribution in [0.3, 0.4) is 0 Å². The largest absolute Gasteiger partial charge is 0.472 e. The number of ether oxygens (including phenoxy) is 2. The van der Waals surface area contributed by atoms with Crippen LogP contribution >= 0.6 is 7.82 Å². The van der Waals surface area contributed by atoms with Crippen molar-refractivity contribution in [2.75, 3.05) is 47.5 Å². The summed E-state index contributed by atoms with van der Waals surface area (Å²) in [6, 6.07) is 0. The van der Waals surface area contributed by atoms with Crippen molar-refractivity contribution >= 4 is 19.8 Å². The van der Waals surface area contributed by atoms with E-state index in [2.05, 4.69) is 74.6 Å². The van der Waals surface area contributed by atoms with Crippen molar-refractivity contribution in [3.05, 3.63) is 60.8 Å². The molecule has 10 heteroatoms. The summed E-state index contributed by atoms with van der Waals surface area (Å²) in [6.07, 6.45) is 48.3. The van der Waals surface area contributed by atoms with E-state index in [1.54, 1.807) is 0 Å². The first-order valence-electron chi connectivity index (χ1n) is 23.0. The van der Waals surface area contributed by atoms with Gasteiger partial charge in [0, 0.05) is 12.8 Å². The highest BCUT2D eigenvalue weighted by Crippen LogP contribution is 2.43. The fourth-order valence-corrected chi connectivity index (χ4v) is 6.60. The number of unbranched alkanes of at least 4 members (excludes halogenated alkanes) is 17. The molecule has 1 unspecified atom stereocenters. The molecule has 0 saturated carbocycles. The zero-order chi connectivity index (χ0) is 42.8. The molecule has 9 nitrogen and oxygen atoms in total. The molecule has 0 radical (unpaired) electrons. The number of esters is 2. The quantitative estimate of drug-likeness (QED) is 0.0213. The zero-order valence-corrected chi connectivity index (χ0v) is 38.7. The van der Waals surface area contributed by atoms with Gasteiger partial charge in [-0.2, -0.15) is 0 Å². The minimum Gasteiger partial charge on any atom is -0.462 e. The fraction of sp³-hybridized carbons (Fsp3) is 0.750. The van der Waals surface area contributed by atoms with E-state index in [0.29, 0.717) is 17.4 Å². The number of phosphoric acid groups is 1. The molecule has 0 amide bonds. The van der Waals surface area contributed by atoms with Gasteiger partial charge in [-0.1, -0.05) is 152 Å². The Morgan fingerprint density at radius 1 is 0.534 bits per heavy atom. The lowest BCUT2D eigenvalue weighted by Crippen LogP contribution is -2.37. The molecule has 0 bridgehead atoms. The second-order valence-corrected chi connectivity index (χ2v) is 17.9. The lowest BCUT2D eigenvalue weighted by molar-refractivity contribution is -0.870. The third-order valence-corrected chi connectivity index (χ3v) is 10.5. The van der Waals surface area contributed by atoms with Gasteiger partial charge in [0.25, 0.3) is 0 Å². The number of hydrogen-bond acceptors (Lipinski definition) is 7. The SMILES string of the molecule is CCCC/C=C/CCCCCCCCCCCC(=O)OC[C@H](COP(=O)(O)OCC[N+](C)(C)C)OC(=O)CCCCC/C=C/C/C=C/C/C=C/C/C=C/CCCCC. The number of likely N-dealkylation sites (N-methyl/N-ethyl adjacent to an activating group) is 1. The van der Waals surface area contributed by atoms with Crippen molar-refractivity contribution in [3.63, 3.8) is 0 Å². The number of quaternary nitrogens is 1. The second kappa shape index (κ2) is 40.1. The van der Waals surface area contributed by atoms with Crippen LogP contribution in [-0.4, -0.2) is 74.9 Å². The van der Waals surface area contributed by atoms with E-state index in [1.165, 1.54) is 89.9 Å². The van der Waals surface area contributed by atoms with Crippen LogP contribution in [0, 0.1) is 0 Å². The molecule has 0 spiro atoms. The molecule has 0 aromatic carbocycles. The van der Waals surface area contributed by atoms with Crippen LogP contribution in [0.1, 0.15) is 181 Å². The molecule has 0 aliphatic rings. The van der Waals surface area contributed by atoms with Gasteiger partial charge in [0.1, 0.15) is 19.8 Å². The molecule has 2 atom stereocenters. The van der Waals surface area contributed by atoms with Crippen molar-refractivity contribution < 1.29 is 42.1 Å². The van der Waals surface area contributed by atoms with Gasteiger partial charge in [0.2, 0.25) is 0 Å². The Hall–Kier alpha value is -2.29. The van der Waals surface area contributed by atoms with E-state index in [4.69, 9.17) is 18.5 Å². The highest BCUT2D eigenvalue weighted by atomic mass is 31.2. The summed E-state index contributed by atoms with van der Waals surface area (Å²) in [6.45, 7) is 4.32. The van der Waals surface area contributed by atoms with Gasteiger partial charge in [0.05, 0.1) is 27.7 Å². The number of nitrogens with zero attached hydrogens (tertiary/aromatic N) is 1. The van der Waals surface area contributed by atoms with Crippen molar-refractivity contribution in [2.24, 2.45) is 0 Å². The third-order valence-electron chi connectivity index (χ3n) is 9.52. The van der Waals surface area contributed by atoms with Crippen molar-refractivity contribution in [1.29, 1.82) is 0 Å². The maximum Gasteiger partial charge on any atom is 0.472 e. The molecule has 0 rings (SSSR count). The summed E-state index contributed by atoms with van der Waals surface area (Å²) in [5, 5.41) is 0. The third kappa shape index (κ3) is 43.3. The predicted molar refractivity (Wildman–Crippen MR) is 243 cm³/mol. The molecule has 336 valence electrons. The maximum absolute atomic E-state index is 12.7. The zero-order valence-electron chi connectivity index (χ0n) is 37.8. The van der Waals surface area contributed by atoms with E-state index in [9.17, 15) is 19.0 Å². The van der Waals surface area contributed by atoms with Crippen LogP contribution in [-0.2, 0) is 32.7 Å². The van der Waals surface area contributed by atoms with Crippen molar-refractivity contribution in [2.45, 2.75) is 187 Å². The Labute approximate surface area is 356 Å². The van der Waals surface area contributed by atoms with Gasteiger partial charge in [-0.15, -0.1) is 0 Å². The first-order valence-corrected chi connectivity index (χ1v) is 24.5. The molecule has 0 aromatic heterocycles. The van der Waals surface area contributed by atoms with Crippen LogP contribution < -0.4 is 0 Å². The van der Waals surface area contributed by atoms with Crippen LogP contribution in [0.15, 0.2) is 60.8 Å². The summed E-state index contributed by atoms with van der Waals surface area (Å²) >= 11 is 0. The van der Waals surface area contributed by atoms with E-state index >= 15 is 0 Å². The number of hydrogen-bond donors (Lipinski definition) is 1. The Morgan fingerprint density at radius 3 is 1.47 bits per heavy atom. The summed E-state index contributed by atoms with van der Waals surface area (Å²) in [7, 11) is 1.45. The maximum atomic E-state index is 12.7. The molecule has 0 aliphatic carbocycles. The Morgan fingerprint density at radius 2 is 0.948 bits per heavy atom. The summed E-state index contributed by atoms with van der Waals surface area (Å²) in [5.41, 5.74) is 0. The van der Waals surface area contributed by atoms with Crippen LogP contribution in [0.4, 0.5) is 0 Å². The number of allylic oxidation sites excluding steroid dienone is 10. The van der Waals surface area contributed by atoms with Gasteiger partial charge in [0.15, 0.2) is 6.10 Å². The normalized spacial score (nSPS) is 14.1. The van der Waals surface area contributed by atoms with Crippen molar-refractivity contribution in [1.82, 2.24) is 0 Å². The molecular weight excluding hydrogens is 750 g/mol. The smallest absolute Gasteiger partial charge is 0.462 e. The molecular formula is C48H87NO8P+. The van der Waals surface area contributed by atoms with E-state index < -0.39 is 26.5 Å². The van der Waals surface area contributed by atoms with E-state index in [1.807, 2.05) is 21.1 Å². The first kappa shape index (κ1) is 55.7. The molecule has 0 aromatic rings. The minimum absolute atomic E-state index is 0.0227. The van der Waals surface area contributed by atoms with Crippen LogP contribution in [0.2, 0.25) is 0 Å². The average Bonchev–Trinajstić information content (AvgIpc) is 3.17. The topological polar surface area (TPSA) is 108 Å². The van der Waals surface area contributed by atoms with Gasteiger partial charge in [-0.25, -0.2) is 4.57 Å². The van der Waals surface area contributed by atoms with Gasteiger partial charge < -0.3 is 18.9 Å². The predicted octanol–water partition coefficient (Wildman–Crippen LogP) is 13.2. The molecule has 0 saturated heterocycles. The van der Waals surface area contributed by atoms with Crippen LogP contribution in [0.5, 0.6) is 0 Å². The number of phosphoric ester groups is 1. The number of carbonyl (C=O) groups is 2. The molecule has 1 N–H and O–H groups in total. The molecule has 0 heterocycles. The standard InChI is InChI=1S/C48H86NO8P/c1-6-8-10-12-14-16-18-20-22-23-24-25-27-29-31-33-35-37-39-41-48(51)57-46(45-56-58(52,53)55-43-42-49(3,4)5)44-54-47(50)40-38-36-34-32-30-28-26-21-19-17-15-13-11-9-7-2/h13-16,20,22,24-25,29,31,46H,6-12,17-19,21,23,26-28,30,32-45H2,1-5H3/p+1/b15-13+,16-14+,22-20+,25-24+,31-29+/t46-/m1/s1. The van der Waals surface area contributed by atoms with E-state index in [-0.39, 0.29) is 32.0 Å². The van der Waals surface area contributed by atoms with Crippen molar-refractivity contribution in [3.8, 4) is 0 Å². The minimum atomic E-state index is -4.39. The van der Waals surface area contributed by atoms with Gasteiger partial charge in [-0.3, -0.25) is 18.6 Å². The van der Waals surface area contributed by atoms with E-state index in [0.717, 1.165) is 57.8 Å².